The largest absolute Gasteiger partial charge is 0.488 e. The van der Waals surface area contributed by atoms with Crippen LogP contribution in [0.5, 0.6) is 5.75 Å². The fourth-order valence-electron chi connectivity index (χ4n) is 1.83. The zero-order valence-electron chi connectivity index (χ0n) is 11.7. The van der Waals surface area contributed by atoms with E-state index in [1.54, 1.807) is 33.0 Å². The Morgan fingerprint density at radius 3 is 2.74 bits per heavy atom. The first-order chi connectivity index (χ1) is 8.78. The van der Waals surface area contributed by atoms with Crippen molar-refractivity contribution in [2.75, 3.05) is 7.05 Å². The molecule has 0 saturated carbocycles. The Balaban J connectivity index is 2.77. The fraction of sp³-hybridized carbons (Fsp3) is 0.500. The number of carboxylic acid groups (broad SMARTS) is 1. The van der Waals surface area contributed by atoms with Gasteiger partial charge in [0.25, 0.3) is 0 Å². The van der Waals surface area contributed by atoms with Gasteiger partial charge >= 0.3 is 5.97 Å². The van der Waals surface area contributed by atoms with E-state index >= 15 is 0 Å². The number of ether oxygens (including phenoxy) is 1. The maximum atomic E-state index is 13.5. The lowest BCUT2D eigenvalue weighted by molar-refractivity contribution is -0.145. The van der Waals surface area contributed by atoms with Crippen LogP contribution in [0.3, 0.4) is 0 Å². The van der Waals surface area contributed by atoms with Gasteiger partial charge in [-0.15, -0.1) is 0 Å². The molecule has 0 saturated heterocycles. The van der Waals surface area contributed by atoms with Gasteiger partial charge in [-0.05, 0) is 45.5 Å². The molecule has 0 spiro atoms. The van der Waals surface area contributed by atoms with Gasteiger partial charge in [0, 0.05) is 6.42 Å². The fourth-order valence-corrected chi connectivity index (χ4v) is 1.83. The molecule has 19 heavy (non-hydrogen) atoms. The topological polar surface area (TPSA) is 58.6 Å². The first-order valence-electron chi connectivity index (χ1n) is 6.13. The van der Waals surface area contributed by atoms with Gasteiger partial charge in [-0.2, -0.15) is 0 Å². The molecular formula is C14H20FNO3. The Kier molecular flexibility index (Phi) is 4.89. The Hall–Kier alpha value is -1.62. The average molecular weight is 269 g/mol. The highest BCUT2D eigenvalue weighted by molar-refractivity contribution is 5.78. The minimum absolute atomic E-state index is 0.149. The standard InChI is InChI=1S/C14H20FNO3/c1-9-5-6-11(15)12(7-9)19-10(2)8-14(3,16-4)13(17)18/h5-7,10,16H,8H2,1-4H3,(H,17,18). The van der Waals surface area contributed by atoms with Gasteiger partial charge < -0.3 is 15.2 Å². The monoisotopic (exact) mass is 269 g/mol. The molecule has 0 amide bonds. The van der Waals surface area contributed by atoms with E-state index in [2.05, 4.69) is 5.32 Å². The van der Waals surface area contributed by atoms with E-state index in [1.807, 2.05) is 6.92 Å². The Morgan fingerprint density at radius 1 is 1.58 bits per heavy atom. The van der Waals surface area contributed by atoms with E-state index in [1.165, 1.54) is 6.07 Å². The van der Waals surface area contributed by atoms with E-state index < -0.39 is 23.4 Å². The molecule has 0 aliphatic rings. The summed E-state index contributed by atoms with van der Waals surface area (Å²) in [5, 5.41) is 11.9. The summed E-state index contributed by atoms with van der Waals surface area (Å²) in [4.78, 5) is 11.2. The lowest BCUT2D eigenvalue weighted by Gasteiger charge is -2.27. The highest BCUT2D eigenvalue weighted by Gasteiger charge is 2.33. The van der Waals surface area contributed by atoms with Crippen molar-refractivity contribution in [2.45, 2.75) is 38.8 Å². The van der Waals surface area contributed by atoms with Gasteiger partial charge in [0.1, 0.15) is 5.54 Å². The van der Waals surface area contributed by atoms with Crippen LogP contribution in [-0.2, 0) is 4.79 Å². The number of aliphatic carboxylic acids is 1. The third-order valence-corrected chi connectivity index (χ3v) is 3.13. The first kappa shape index (κ1) is 15.4. The Labute approximate surface area is 112 Å². The number of hydrogen-bond acceptors (Lipinski definition) is 3. The molecule has 0 heterocycles. The van der Waals surface area contributed by atoms with E-state index in [4.69, 9.17) is 9.84 Å². The van der Waals surface area contributed by atoms with Crippen molar-refractivity contribution in [2.24, 2.45) is 0 Å². The molecule has 1 aromatic rings. The number of carboxylic acids is 1. The van der Waals surface area contributed by atoms with Crippen molar-refractivity contribution in [3.05, 3.63) is 29.6 Å². The SMILES string of the molecule is CNC(C)(CC(C)Oc1cc(C)ccc1F)C(=O)O. The molecule has 0 aromatic heterocycles. The second-order valence-corrected chi connectivity index (χ2v) is 4.95. The highest BCUT2D eigenvalue weighted by atomic mass is 19.1. The summed E-state index contributed by atoms with van der Waals surface area (Å²) < 4.78 is 19.0. The van der Waals surface area contributed by atoms with Gasteiger partial charge in [-0.25, -0.2) is 4.39 Å². The maximum absolute atomic E-state index is 13.5. The molecule has 1 rings (SSSR count). The van der Waals surface area contributed by atoms with Gasteiger partial charge in [-0.1, -0.05) is 6.07 Å². The van der Waals surface area contributed by atoms with E-state index in [0.717, 1.165) is 5.56 Å². The van der Waals surface area contributed by atoms with Crippen LogP contribution in [0.15, 0.2) is 18.2 Å². The average Bonchev–Trinajstić information content (AvgIpc) is 2.33. The molecule has 0 aliphatic heterocycles. The highest BCUT2D eigenvalue weighted by Crippen LogP contribution is 2.22. The second kappa shape index (κ2) is 6.02. The number of aryl methyl sites for hydroxylation is 1. The molecule has 2 N–H and O–H groups in total. The lowest BCUT2D eigenvalue weighted by atomic mass is 9.95. The number of likely N-dealkylation sites (N-methyl/N-ethyl adjacent to an activating group) is 1. The molecule has 0 aliphatic carbocycles. The third kappa shape index (κ3) is 3.92. The summed E-state index contributed by atoms with van der Waals surface area (Å²) in [6.07, 6.45) is -0.198. The third-order valence-electron chi connectivity index (χ3n) is 3.13. The van der Waals surface area contributed by atoms with Gasteiger partial charge in [0.2, 0.25) is 0 Å². The van der Waals surface area contributed by atoms with Crippen molar-refractivity contribution in [3.63, 3.8) is 0 Å². The maximum Gasteiger partial charge on any atom is 0.323 e. The zero-order valence-corrected chi connectivity index (χ0v) is 11.7. The predicted molar refractivity (Wildman–Crippen MR) is 70.9 cm³/mol. The van der Waals surface area contributed by atoms with Crippen molar-refractivity contribution in [3.8, 4) is 5.75 Å². The number of halogens is 1. The molecule has 0 fully saturated rings. The number of carbonyl (C=O) groups is 1. The van der Waals surface area contributed by atoms with Crippen LogP contribution in [0.4, 0.5) is 4.39 Å². The van der Waals surface area contributed by atoms with Crippen LogP contribution < -0.4 is 10.1 Å². The summed E-state index contributed by atoms with van der Waals surface area (Å²) in [6, 6.07) is 4.59. The van der Waals surface area contributed by atoms with Gasteiger partial charge in [0.05, 0.1) is 6.10 Å². The molecule has 2 unspecified atom stereocenters. The number of nitrogens with one attached hydrogen (secondary N) is 1. The van der Waals surface area contributed by atoms with Crippen molar-refractivity contribution in [1.29, 1.82) is 0 Å². The zero-order chi connectivity index (χ0) is 14.6. The van der Waals surface area contributed by atoms with Crippen LogP contribution in [0.25, 0.3) is 0 Å². The molecule has 0 bridgehead atoms. The summed E-state index contributed by atoms with van der Waals surface area (Å²) in [6.45, 7) is 5.13. The summed E-state index contributed by atoms with van der Waals surface area (Å²) in [5.74, 6) is -1.26. The lowest BCUT2D eigenvalue weighted by Crippen LogP contribution is -2.50. The number of hydrogen-bond donors (Lipinski definition) is 2. The van der Waals surface area contributed by atoms with Crippen LogP contribution in [0.2, 0.25) is 0 Å². The summed E-state index contributed by atoms with van der Waals surface area (Å²) in [5.41, 5.74) is -0.210. The van der Waals surface area contributed by atoms with Gasteiger partial charge in [-0.3, -0.25) is 4.79 Å². The molecule has 5 heteroatoms. The summed E-state index contributed by atoms with van der Waals surface area (Å²) in [7, 11) is 1.58. The number of rotatable bonds is 6. The van der Waals surface area contributed by atoms with Crippen LogP contribution in [-0.4, -0.2) is 29.8 Å². The molecule has 1 aromatic carbocycles. The van der Waals surface area contributed by atoms with Gasteiger partial charge in [0.15, 0.2) is 11.6 Å². The van der Waals surface area contributed by atoms with Crippen molar-refractivity contribution >= 4 is 5.97 Å². The summed E-state index contributed by atoms with van der Waals surface area (Å²) >= 11 is 0. The van der Waals surface area contributed by atoms with Crippen LogP contribution in [0, 0.1) is 12.7 Å². The molecular weight excluding hydrogens is 249 g/mol. The minimum Gasteiger partial charge on any atom is -0.488 e. The second-order valence-electron chi connectivity index (χ2n) is 4.95. The normalized spacial score (nSPS) is 15.6. The molecule has 106 valence electrons. The van der Waals surface area contributed by atoms with E-state index in [0.29, 0.717) is 0 Å². The molecule has 0 radical (unpaired) electrons. The minimum atomic E-state index is -1.10. The molecule has 2 atom stereocenters. The smallest absolute Gasteiger partial charge is 0.323 e. The number of benzene rings is 1. The van der Waals surface area contributed by atoms with Crippen LogP contribution in [0.1, 0.15) is 25.8 Å². The van der Waals surface area contributed by atoms with Crippen molar-refractivity contribution in [1.82, 2.24) is 5.32 Å². The van der Waals surface area contributed by atoms with Crippen molar-refractivity contribution < 1.29 is 19.0 Å². The predicted octanol–water partition coefficient (Wildman–Crippen LogP) is 2.35. The Bertz CT molecular complexity index is 464. The first-order valence-corrected chi connectivity index (χ1v) is 6.13. The molecule has 4 nitrogen and oxygen atoms in total. The quantitative estimate of drug-likeness (QED) is 0.832. The van der Waals surface area contributed by atoms with E-state index in [9.17, 15) is 9.18 Å². The van der Waals surface area contributed by atoms with Crippen LogP contribution >= 0.6 is 0 Å². The van der Waals surface area contributed by atoms with E-state index in [-0.39, 0.29) is 12.2 Å². The Morgan fingerprint density at radius 2 is 2.21 bits per heavy atom.